The van der Waals surface area contributed by atoms with Crippen molar-refractivity contribution in [3.8, 4) is 0 Å². The van der Waals surface area contributed by atoms with Crippen LogP contribution in [0.4, 0.5) is 0 Å². The Bertz CT molecular complexity index is 330. The van der Waals surface area contributed by atoms with Gasteiger partial charge in [-0.3, -0.25) is 0 Å². The maximum Gasteiger partial charge on any atom is 0.0899 e. The Morgan fingerprint density at radius 1 is 1.31 bits per heavy atom. The molecule has 0 aliphatic heterocycles. The van der Waals surface area contributed by atoms with Crippen LogP contribution in [0.5, 0.6) is 0 Å². The Labute approximate surface area is 83.3 Å². The normalized spacial score (nSPS) is 18.8. The fourth-order valence-electron chi connectivity index (χ4n) is 1.49. The van der Waals surface area contributed by atoms with Crippen LogP contribution >= 0.6 is 11.6 Å². The van der Waals surface area contributed by atoms with Crippen LogP contribution in [0.2, 0.25) is 5.02 Å². The standard InChI is InChI=1S/C11H13ClO/c1-7-5-9(11(13)3-4-11)6-10(12)8(7)2/h5-6,13H,3-4H2,1-2H3. The monoisotopic (exact) mass is 196 g/mol. The van der Waals surface area contributed by atoms with Gasteiger partial charge in [0.15, 0.2) is 0 Å². The molecule has 0 saturated heterocycles. The van der Waals surface area contributed by atoms with Crippen molar-refractivity contribution in [2.75, 3.05) is 0 Å². The molecule has 0 amide bonds. The molecular formula is C11H13ClO. The molecule has 1 aromatic rings. The predicted molar refractivity (Wildman–Crippen MR) is 54.1 cm³/mol. The molecule has 1 aliphatic rings. The van der Waals surface area contributed by atoms with Gasteiger partial charge in [-0.15, -0.1) is 0 Å². The number of hydrogen-bond donors (Lipinski definition) is 1. The minimum Gasteiger partial charge on any atom is -0.385 e. The van der Waals surface area contributed by atoms with Gasteiger partial charge in [-0.1, -0.05) is 17.7 Å². The summed E-state index contributed by atoms with van der Waals surface area (Å²) in [5.41, 5.74) is 2.67. The number of halogens is 1. The van der Waals surface area contributed by atoms with Crippen molar-refractivity contribution in [3.63, 3.8) is 0 Å². The van der Waals surface area contributed by atoms with E-state index in [0.29, 0.717) is 0 Å². The average Bonchev–Trinajstić information content (AvgIpc) is 2.80. The molecule has 0 bridgehead atoms. The molecule has 0 aromatic heterocycles. The highest BCUT2D eigenvalue weighted by Gasteiger charge is 2.42. The van der Waals surface area contributed by atoms with Gasteiger partial charge in [-0.05, 0) is 49.4 Å². The summed E-state index contributed by atoms with van der Waals surface area (Å²) in [5.74, 6) is 0. The Balaban J connectivity index is 2.50. The lowest BCUT2D eigenvalue weighted by Gasteiger charge is -2.11. The first kappa shape index (κ1) is 9.04. The van der Waals surface area contributed by atoms with Gasteiger partial charge in [0.05, 0.1) is 5.60 Å². The van der Waals surface area contributed by atoms with Crippen molar-refractivity contribution in [2.45, 2.75) is 32.3 Å². The molecule has 0 unspecified atom stereocenters. The van der Waals surface area contributed by atoms with E-state index in [-0.39, 0.29) is 0 Å². The van der Waals surface area contributed by atoms with Crippen LogP contribution in [0.15, 0.2) is 12.1 Å². The zero-order valence-electron chi connectivity index (χ0n) is 7.89. The van der Waals surface area contributed by atoms with Crippen molar-refractivity contribution in [3.05, 3.63) is 33.8 Å². The molecule has 13 heavy (non-hydrogen) atoms. The van der Waals surface area contributed by atoms with Crippen molar-refractivity contribution in [1.82, 2.24) is 0 Å². The summed E-state index contributed by atoms with van der Waals surface area (Å²) < 4.78 is 0. The molecule has 1 N–H and O–H groups in total. The molecule has 1 fully saturated rings. The molecule has 0 heterocycles. The third-order valence-corrected chi connectivity index (χ3v) is 3.26. The van der Waals surface area contributed by atoms with Crippen molar-refractivity contribution < 1.29 is 5.11 Å². The molecule has 1 aromatic carbocycles. The summed E-state index contributed by atoms with van der Waals surface area (Å²) in [6.07, 6.45) is 1.73. The van der Waals surface area contributed by atoms with Crippen LogP contribution in [0.1, 0.15) is 29.5 Å². The van der Waals surface area contributed by atoms with Crippen LogP contribution in [0, 0.1) is 13.8 Å². The zero-order valence-corrected chi connectivity index (χ0v) is 8.65. The Morgan fingerprint density at radius 3 is 2.38 bits per heavy atom. The van der Waals surface area contributed by atoms with Crippen molar-refractivity contribution in [2.24, 2.45) is 0 Å². The third-order valence-electron chi connectivity index (χ3n) is 2.86. The van der Waals surface area contributed by atoms with Gasteiger partial charge < -0.3 is 5.11 Å². The third kappa shape index (κ3) is 1.47. The number of rotatable bonds is 1. The summed E-state index contributed by atoms with van der Waals surface area (Å²) >= 11 is 6.04. The predicted octanol–water partition coefficient (Wildman–Crippen LogP) is 2.94. The van der Waals surface area contributed by atoms with Gasteiger partial charge >= 0.3 is 0 Å². The van der Waals surface area contributed by atoms with E-state index in [9.17, 15) is 5.11 Å². The number of aryl methyl sites for hydroxylation is 1. The highest BCUT2D eigenvalue weighted by Crippen LogP contribution is 2.46. The first-order chi connectivity index (χ1) is 6.03. The van der Waals surface area contributed by atoms with E-state index in [1.54, 1.807) is 0 Å². The molecule has 1 nitrogen and oxygen atoms in total. The molecule has 0 radical (unpaired) electrons. The molecule has 1 saturated carbocycles. The maximum atomic E-state index is 9.88. The highest BCUT2D eigenvalue weighted by atomic mass is 35.5. The molecular weight excluding hydrogens is 184 g/mol. The topological polar surface area (TPSA) is 20.2 Å². The van der Waals surface area contributed by atoms with E-state index < -0.39 is 5.60 Å². The quantitative estimate of drug-likeness (QED) is 0.733. The lowest BCUT2D eigenvalue weighted by molar-refractivity contribution is 0.151. The molecule has 0 atom stereocenters. The summed E-state index contributed by atoms with van der Waals surface area (Å²) in [6.45, 7) is 4.02. The molecule has 0 spiro atoms. The number of benzene rings is 1. The second kappa shape index (κ2) is 2.73. The van der Waals surface area contributed by atoms with Crippen LogP contribution in [0.3, 0.4) is 0 Å². The first-order valence-corrected chi connectivity index (χ1v) is 4.90. The second-order valence-electron chi connectivity index (χ2n) is 3.93. The van der Waals surface area contributed by atoms with Crippen molar-refractivity contribution in [1.29, 1.82) is 0 Å². The maximum absolute atomic E-state index is 9.88. The van der Waals surface area contributed by atoms with E-state index in [0.717, 1.165) is 34.6 Å². The van der Waals surface area contributed by atoms with Crippen LogP contribution in [-0.4, -0.2) is 5.11 Å². The minimum atomic E-state index is -0.567. The van der Waals surface area contributed by atoms with Crippen LogP contribution in [-0.2, 0) is 5.60 Å². The van der Waals surface area contributed by atoms with E-state index >= 15 is 0 Å². The average molecular weight is 197 g/mol. The molecule has 2 rings (SSSR count). The van der Waals surface area contributed by atoms with Gasteiger partial charge in [0.2, 0.25) is 0 Å². The minimum absolute atomic E-state index is 0.567. The lowest BCUT2D eigenvalue weighted by Crippen LogP contribution is -2.05. The van der Waals surface area contributed by atoms with E-state index in [1.165, 1.54) is 0 Å². The van der Waals surface area contributed by atoms with Gasteiger partial charge in [0.1, 0.15) is 0 Å². The summed E-state index contributed by atoms with van der Waals surface area (Å²) in [5, 5.41) is 10.6. The Hall–Kier alpha value is -0.530. The Kier molecular flexibility index (Phi) is 1.90. The summed E-state index contributed by atoms with van der Waals surface area (Å²) in [4.78, 5) is 0. The van der Waals surface area contributed by atoms with Gasteiger partial charge in [0, 0.05) is 5.02 Å². The molecule has 70 valence electrons. The zero-order chi connectivity index (χ0) is 9.64. The summed E-state index contributed by atoms with van der Waals surface area (Å²) in [7, 11) is 0. The van der Waals surface area contributed by atoms with Gasteiger partial charge in [-0.25, -0.2) is 0 Å². The Morgan fingerprint density at radius 2 is 1.92 bits per heavy atom. The highest BCUT2D eigenvalue weighted by molar-refractivity contribution is 6.31. The molecule has 1 aliphatic carbocycles. The van der Waals surface area contributed by atoms with Crippen LogP contribution in [0.25, 0.3) is 0 Å². The first-order valence-electron chi connectivity index (χ1n) is 4.52. The van der Waals surface area contributed by atoms with Crippen molar-refractivity contribution >= 4 is 11.6 Å². The summed E-state index contributed by atoms with van der Waals surface area (Å²) in [6, 6.07) is 3.92. The number of aliphatic hydroxyl groups is 1. The van der Waals surface area contributed by atoms with Gasteiger partial charge in [0.25, 0.3) is 0 Å². The largest absolute Gasteiger partial charge is 0.385 e. The fraction of sp³-hybridized carbons (Fsp3) is 0.455. The van der Waals surface area contributed by atoms with E-state index in [1.807, 2.05) is 26.0 Å². The number of hydrogen-bond acceptors (Lipinski definition) is 1. The van der Waals surface area contributed by atoms with Gasteiger partial charge in [-0.2, -0.15) is 0 Å². The molecule has 2 heteroatoms. The smallest absolute Gasteiger partial charge is 0.0899 e. The SMILES string of the molecule is Cc1cc(C2(O)CC2)cc(Cl)c1C. The van der Waals surface area contributed by atoms with E-state index in [4.69, 9.17) is 11.6 Å². The van der Waals surface area contributed by atoms with E-state index in [2.05, 4.69) is 0 Å². The lowest BCUT2D eigenvalue weighted by atomic mass is 10.0. The van der Waals surface area contributed by atoms with Crippen LogP contribution < -0.4 is 0 Å². The second-order valence-corrected chi connectivity index (χ2v) is 4.34. The fourth-order valence-corrected chi connectivity index (χ4v) is 1.76.